The Morgan fingerprint density at radius 1 is 0.824 bits per heavy atom. The van der Waals surface area contributed by atoms with Gasteiger partial charge in [0.2, 0.25) is 0 Å². The predicted octanol–water partition coefficient (Wildman–Crippen LogP) is 7.16. The molecule has 2 aromatic carbocycles. The minimum atomic E-state index is -5.05. The van der Waals surface area contributed by atoms with Crippen molar-refractivity contribution in [3.8, 4) is 22.0 Å². The zero-order valence-electron chi connectivity index (χ0n) is 16.9. The van der Waals surface area contributed by atoms with Crippen LogP contribution in [0.4, 0.5) is 32.0 Å². The smallest absolute Gasteiger partial charge is 0.322 e. The number of thiazole rings is 1. The summed E-state index contributed by atoms with van der Waals surface area (Å²) in [6.45, 7) is 0. The first-order chi connectivity index (χ1) is 16.0. The van der Waals surface area contributed by atoms with Gasteiger partial charge in [-0.2, -0.15) is 26.3 Å². The zero-order chi connectivity index (χ0) is 24.5. The molecule has 2 heterocycles. The second kappa shape index (κ2) is 8.90. The number of hydrogen-bond acceptors (Lipinski definition) is 4. The maximum absolute atomic E-state index is 13.1. The van der Waals surface area contributed by atoms with Crippen molar-refractivity contribution in [3.05, 3.63) is 88.9 Å². The zero-order valence-corrected chi connectivity index (χ0v) is 17.7. The summed E-state index contributed by atoms with van der Waals surface area (Å²) in [7, 11) is 0. The Morgan fingerprint density at radius 3 is 2.15 bits per heavy atom. The predicted molar refractivity (Wildman–Crippen MR) is 115 cm³/mol. The van der Waals surface area contributed by atoms with Gasteiger partial charge in [0.1, 0.15) is 5.01 Å². The van der Waals surface area contributed by atoms with Gasteiger partial charge in [0.05, 0.1) is 22.5 Å². The Hall–Kier alpha value is -3.73. The number of alkyl halides is 6. The fraction of sp³-hybridized carbons (Fsp3) is 0.0870. The summed E-state index contributed by atoms with van der Waals surface area (Å²) in [4.78, 5) is 21.3. The van der Waals surface area contributed by atoms with Crippen LogP contribution in [0.15, 0.2) is 72.2 Å². The highest BCUT2D eigenvalue weighted by molar-refractivity contribution is 7.13. The van der Waals surface area contributed by atoms with E-state index in [0.717, 1.165) is 0 Å². The Bertz CT molecular complexity index is 1300. The topological polar surface area (TPSA) is 54.9 Å². The monoisotopic (exact) mass is 493 g/mol. The lowest BCUT2D eigenvalue weighted by Crippen LogP contribution is -2.17. The summed E-state index contributed by atoms with van der Waals surface area (Å²) in [5.74, 6) is -1.11. The highest BCUT2D eigenvalue weighted by atomic mass is 32.1. The van der Waals surface area contributed by atoms with E-state index < -0.39 is 35.0 Å². The molecular weight excluding hydrogens is 480 g/mol. The van der Waals surface area contributed by atoms with Crippen molar-refractivity contribution < 1.29 is 31.1 Å². The molecule has 0 aliphatic carbocycles. The van der Waals surface area contributed by atoms with Crippen molar-refractivity contribution in [1.82, 2.24) is 9.97 Å². The van der Waals surface area contributed by atoms with Gasteiger partial charge in [-0.25, -0.2) is 4.98 Å². The summed E-state index contributed by atoms with van der Waals surface area (Å²) in [5.41, 5.74) is -1.87. The second-order valence-electron chi connectivity index (χ2n) is 7.08. The van der Waals surface area contributed by atoms with E-state index in [1.165, 1.54) is 23.5 Å². The normalized spacial score (nSPS) is 11.9. The van der Waals surface area contributed by atoms with E-state index in [1.807, 2.05) is 6.07 Å². The lowest BCUT2D eigenvalue weighted by atomic mass is 10.0. The Morgan fingerprint density at radius 2 is 1.53 bits per heavy atom. The van der Waals surface area contributed by atoms with E-state index in [2.05, 4.69) is 15.3 Å². The minimum absolute atomic E-state index is 0.0289. The van der Waals surface area contributed by atoms with Crippen LogP contribution in [0.1, 0.15) is 21.5 Å². The number of rotatable bonds is 4. The molecule has 0 fully saturated rings. The quantitative estimate of drug-likeness (QED) is 0.307. The Kier molecular flexibility index (Phi) is 6.13. The molecule has 11 heteroatoms. The fourth-order valence-corrected chi connectivity index (χ4v) is 3.86. The van der Waals surface area contributed by atoms with Crippen LogP contribution in [0.5, 0.6) is 0 Å². The Balaban J connectivity index is 1.61. The first-order valence-electron chi connectivity index (χ1n) is 9.59. The van der Waals surface area contributed by atoms with Crippen LogP contribution < -0.4 is 5.32 Å². The van der Waals surface area contributed by atoms with Crippen molar-refractivity contribution >= 4 is 22.9 Å². The van der Waals surface area contributed by atoms with Gasteiger partial charge in [-0.1, -0.05) is 18.2 Å². The van der Waals surface area contributed by atoms with Gasteiger partial charge >= 0.3 is 12.4 Å². The highest BCUT2D eigenvalue weighted by Crippen LogP contribution is 2.36. The number of nitrogens with one attached hydrogen (secondary N) is 1. The maximum atomic E-state index is 13.1. The fourth-order valence-electron chi connectivity index (χ4n) is 3.06. The van der Waals surface area contributed by atoms with Crippen molar-refractivity contribution in [2.24, 2.45) is 0 Å². The molecule has 4 rings (SSSR count). The van der Waals surface area contributed by atoms with Crippen LogP contribution >= 0.6 is 11.3 Å². The number of anilines is 1. The third-order valence-electron chi connectivity index (χ3n) is 4.65. The Labute approximate surface area is 192 Å². The van der Waals surface area contributed by atoms with Crippen molar-refractivity contribution in [2.75, 3.05) is 5.32 Å². The van der Waals surface area contributed by atoms with E-state index in [9.17, 15) is 31.1 Å². The van der Waals surface area contributed by atoms with Crippen molar-refractivity contribution in [3.63, 3.8) is 0 Å². The molecule has 0 aliphatic rings. The van der Waals surface area contributed by atoms with Gasteiger partial charge in [0, 0.05) is 28.4 Å². The molecule has 4 nitrogen and oxygen atoms in total. The number of pyridine rings is 1. The van der Waals surface area contributed by atoms with Crippen LogP contribution in [-0.2, 0) is 12.4 Å². The van der Waals surface area contributed by atoms with Gasteiger partial charge < -0.3 is 5.32 Å². The highest BCUT2D eigenvalue weighted by Gasteiger charge is 2.37. The number of aromatic nitrogens is 2. The average Bonchev–Trinajstić information content (AvgIpc) is 3.29. The number of nitrogens with zero attached hydrogens (tertiary/aromatic N) is 2. The number of carbonyl (C=O) groups excluding carboxylic acids is 1. The molecule has 0 radical (unpaired) electrons. The number of amides is 1. The molecule has 2 aromatic heterocycles. The summed E-state index contributed by atoms with van der Waals surface area (Å²) in [6.07, 6.45) is -8.47. The molecule has 4 aromatic rings. The van der Waals surface area contributed by atoms with Gasteiger partial charge in [0.25, 0.3) is 5.91 Å². The lowest BCUT2D eigenvalue weighted by Gasteiger charge is -2.14. The van der Waals surface area contributed by atoms with Crippen LogP contribution in [0.2, 0.25) is 0 Å². The molecule has 0 saturated carbocycles. The molecule has 0 bridgehead atoms. The van der Waals surface area contributed by atoms with E-state index in [4.69, 9.17) is 0 Å². The first kappa shape index (κ1) is 23.4. The molecule has 0 unspecified atom stereocenters. The third-order valence-corrected chi connectivity index (χ3v) is 5.52. The third kappa shape index (κ3) is 5.25. The van der Waals surface area contributed by atoms with E-state index in [0.29, 0.717) is 34.1 Å². The van der Waals surface area contributed by atoms with Gasteiger partial charge in [0.15, 0.2) is 0 Å². The van der Waals surface area contributed by atoms with Crippen LogP contribution in [-0.4, -0.2) is 15.9 Å². The van der Waals surface area contributed by atoms with Crippen LogP contribution in [0, 0.1) is 0 Å². The molecular formula is C23H13F6N3OS. The molecule has 34 heavy (non-hydrogen) atoms. The minimum Gasteiger partial charge on any atom is -0.322 e. The number of carbonyl (C=O) groups is 1. The van der Waals surface area contributed by atoms with Crippen LogP contribution in [0.25, 0.3) is 22.0 Å². The van der Waals surface area contributed by atoms with Crippen molar-refractivity contribution in [2.45, 2.75) is 12.4 Å². The number of hydrogen-bond donors (Lipinski definition) is 1. The standard InChI is InChI=1S/C23H13F6N3OS/c24-22(25,26)15-8-14(9-16(11-15)23(27,28)29)20(33)31-17-5-3-4-13(10-17)19-12-34-21(32-19)18-6-1-2-7-30-18/h1-12H,(H,31,33). The summed E-state index contributed by atoms with van der Waals surface area (Å²) < 4.78 is 78.5. The molecule has 0 spiro atoms. The second-order valence-corrected chi connectivity index (χ2v) is 7.94. The van der Waals surface area contributed by atoms with Gasteiger partial charge in [-0.15, -0.1) is 11.3 Å². The largest absolute Gasteiger partial charge is 0.416 e. The van der Waals surface area contributed by atoms with Gasteiger partial charge in [-0.05, 0) is 42.5 Å². The molecule has 174 valence electrons. The lowest BCUT2D eigenvalue weighted by molar-refractivity contribution is -0.143. The number of halogens is 6. The van der Waals surface area contributed by atoms with Gasteiger partial charge in [-0.3, -0.25) is 9.78 Å². The SMILES string of the molecule is O=C(Nc1cccc(-c2csc(-c3ccccn3)n2)c1)c1cc(C(F)(F)F)cc(C(F)(F)F)c1. The van der Waals surface area contributed by atoms with Crippen LogP contribution in [0.3, 0.4) is 0 Å². The van der Waals surface area contributed by atoms with E-state index in [1.54, 1.807) is 35.8 Å². The number of benzene rings is 2. The molecule has 0 saturated heterocycles. The molecule has 1 amide bonds. The van der Waals surface area contributed by atoms with E-state index >= 15 is 0 Å². The maximum Gasteiger partial charge on any atom is 0.416 e. The van der Waals surface area contributed by atoms with Crippen molar-refractivity contribution in [1.29, 1.82) is 0 Å². The molecule has 0 aliphatic heterocycles. The summed E-state index contributed by atoms with van der Waals surface area (Å²) in [6, 6.07) is 12.4. The van der Waals surface area contributed by atoms with E-state index in [-0.39, 0.29) is 11.8 Å². The summed E-state index contributed by atoms with van der Waals surface area (Å²) >= 11 is 1.35. The summed E-state index contributed by atoms with van der Waals surface area (Å²) in [5, 5.41) is 4.79. The first-order valence-corrected chi connectivity index (χ1v) is 10.5. The molecule has 0 atom stereocenters. The average molecular weight is 493 g/mol. The molecule has 1 N–H and O–H groups in total.